The second-order valence-electron chi connectivity index (χ2n) is 6.32. The topological polar surface area (TPSA) is 57.3 Å². The third kappa shape index (κ3) is 3.32. The zero-order valence-corrected chi connectivity index (χ0v) is 14.3. The Hall–Kier alpha value is -2.74. The number of likely N-dealkylation sites (N-methyl/N-ethyl adjacent to an activating group) is 1. The van der Waals surface area contributed by atoms with Crippen molar-refractivity contribution in [2.75, 3.05) is 38.1 Å². The fourth-order valence-electron chi connectivity index (χ4n) is 3.18. The molecule has 26 heavy (non-hydrogen) atoms. The van der Waals surface area contributed by atoms with Crippen LogP contribution in [0.15, 0.2) is 36.7 Å². The van der Waals surface area contributed by atoms with Gasteiger partial charge in [0.1, 0.15) is 11.5 Å². The highest BCUT2D eigenvalue weighted by Gasteiger charge is 2.17. The molecule has 1 saturated heterocycles. The Morgan fingerprint density at radius 1 is 1.15 bits per heavy atom. The maximum absolute atomic E-state index is 12.3. The fraction of sp³-hybridized carbons (Fsp3) is 0.333. The number of nitrogens with one attached hydrogen (secondary N) is 1. The number of piperazine rings is 1. The summed E-state index contributed by atoms with van der Waals surface area (Å²) in [6.45, 7) is 1.01. The van der Waals surface area contributed by atoms with Crippen LogP contribution in [0.1, 0.15) is 0 Å². The van der Waals surface area contributed by atoms with Gasteiger partial charge in [-0.1, -0.05) is 0 Å². The molecule has 0 aromatic carbocycles. The van der Waals surface area contributed by atoms with Crippen molar-refractivity contribution >= 4 is 16.9 Å². The average molecular weight is 359 g/mol. The summed E-state index contributed by atoms with van der Waals surface area (Å²) in [5.74, 6) is 0.837. The summed E-state index contributed by atoms with van der Waals surface area (Å²) in [7, 11) is 2.12. The number of halogens is 2. The molecule has 0 bridgehead atoms. The van der Waals surface area contributed by atoms with Crippen LogP contribution in [0.3, 0.4) is 0 Å². The Morgan fingerprint density at radius 3 is 2.73 bits per heavy atom. The van der Waals surface area contributed by atoms with E-state index >= 15 is 0 Å². The van der Waals surface area contributed by atoms with Gasteiger partial charge < -0.3 is 19.5 Å². The van der Waals surface area contributed by atoms with E-state index in [1.807, 2.05) is 12.3 Å². The number of pyridine rings is 2. The van der Waals surface area contributed by atoms with Crippen LogP contribution in [0.2, 0.25) is 0 Å². The van der Waals surface area contributed by atoms with Crippen molar-refractivity contribution in [2.45, 2.75) is 6.61 Å². The Bertz CT molecular complexity index is 905. The van der Waals surface area contributed by atoms with E-state index in [0.29, 0.717) is 5.65 Å². The second-order valence-corrected chi connectivity index (χ2v) is 6.32. The van der Waals surface area contributed by atoms with E-state index in [-0.39, 0.29) is 5.88 Å². The first-order chi connectivity index (χ1) is 12.6. The first-order valence-electron chi connectivity index (χ1n) is 8.43. The number of aromatic amines is 1. The van der Waals surface area contributed by atoms with Crippen LogP contribution >= 0.6 is 0 Å². The van der Waals surface area contributed by atoms with Gasteiger partial charge in [0.15, 0.2) is 0 Å². The molecule has 0 radical (unpaired) electrons. The van der Waals surface area contributed by atoms with Gasteiger partial charge in [0, 0.05) is 55.6 Å². The predicted octanol–water partition coefficient (Wildman–Crippen LogP) is 2.98. The molecule has 0 amide bonds. The molecule has 1 fully saturated rings. The Kier molecular flexibility index (Phi) is 4.42. The van der Waals surface area contributed by atoms with Gasteiger partial charge in [0.25, 0.3) is 0 Å². The van der Waals surface area contributed by atoms with Crippen molar-refractivity contribution < 1.29 is 13.5 Å². The van der Waals surface area contributed by atoms with Gasteiger partial charge in [0.2, 0.25) is 5.88 Å². The SMILES string of the molecule is CN1CCN(c2cc(-c3c[nH]c4nc(OC(F)F)ccc34)ccn2)CC1. The average Bonchev–Trinajstić information content (AvgIpc) is 3.05. The molecule has 136 valence electrons. The molecule has 1 aliphatic rings. The summed E-state index contributed by atoms with van der Waals surface area (Å²) in [6.07, 6.45) is 3.62. The molecule has 0 atom stereocenters. The summed E-state index contributed by atoms with van der Waals surface area (Å²) in [6, 6.07) is 7.18. The third-order valence-corrected chi connectivity index (χ3v) is 4.61. The lowest BCUT2D eigenvalue weighted by molar-refractivity contribution is -0.0526. The molecular weight excluding hydrogens is 340 g/mol. The zero-order valence-electron chi connectivity index (χ0n) is 14.3. The quantitative estimate of drug-likeness (QED) is 0.776. The van der Waals surface area contributed by atoms with Crippen molar-refractivity contribution in [3.63, 3.8) is 0 Å². The molecule has 8 heteroatoms. The maximum atomic E-state index is 12.3. The number of fused-ring (bicyclic) bond motifs is 1. The van der Waals surface area contributed by atoms with Gasteiger partial charge in [-0.15, -0.1) is 0 Å². The maximum Gasteiger partial charge on any atom is 0.388 e. The number of anilines is 1. The molecule has 1 aliphatic heterocycles. The summed E-state index contributed by atoms with van der Waals surface area (Å²) in [4.78, 5) is 16.2. The van der Waals surface area contributed by atoms with Gasteiger partial charge in [-0.3, -0.25) is 0 Å². The normalized spacial score (nSPS) is 15.8. The van der Waals surface area contributed by atoms with Crippen LogP contribution in [0, 0.1) is 0 Å². The summed E-state index contributed by atoms with van der Waals surface area (Å²) in [5.41, 5.74) is 2.47. The van der Waals surface area contributed by atoms with Gasteiger partial charge in [-0.2, -0.15) is 13.8 Å². The van der Waals surface area contributed by atoms with Crippen molar-refractivity contribution in [3.8, 4) is 17.0 Å². The van der Waals surface area contributed by atoms with Crippen LogP contribution in [-0.4, -0.2) is 59.7 Å². The lowest BCUT2D eigenvalue weighted by Gasteiger charge is -2.33. The summed E-state index contributed by atoms with van der Waals surface area (Å²) < 4.78 is 29.1. The molecule has 4 rings (SSSR count). The number of hydrogen-bond donors (Lipinski definition) is 1. The van der Waals surface area contributed by atoms with Crippen LogP contribution in [0.5, 0.6) is 5.88 Å². The molecule has 3 aromatic heterocycles. The molecule has 0 unspecified atom stereocenters. The number of aromatic nitrogens is 3. The number of H-pyrrole nitrogens is 1. The molecule has 0 saturated carbocycles. The second kappa shape index (κ2) is 6.87. The number of rotatable bonds is 4. The van der Waals surface area contributed by atoms with Crippen LogP contribution < -0.4 is 9.64 Å². The largest absolute Gasteiger partial charge is 0.417 e. The Labute approximate surface area is 149 Å². The lowest BCUT2D eigenvalue weighted by Crippen LogP contribution is -2.44. The Morgan fingerprint density at radius 2 is 1.96 bits per heavy atom. The van der Waals surface area contributed by atoms with E-state index in [4.69, 9.17) is 0 Å². The van der Waals surface area contributed by atoms with Crippen LogP contribution in [0.4, 0.5) is 14.6 Å². The van der Waals surface area contributed by atoms with Gasteiger partial charge in [0.05, 0.1) is 0 Å². The number of nitrogens with zero attached hydrogens (tertiary/aromatic N) is 4. The molecule has 3 aromatic rings. The molecule has 6 nitrogen and oxygen atoms in total. The van der Waals surface area contributed by atoms with E-state index in [0.717, 1.165) is 48.5 Å². The minimum atomic E-state index is -2.89. The fourth-order valence-corrected chi connectivity index (χ4v) is 3.18. The van der Waals surface area contributed by atoms with Gasteiger partial charge >= 0.3 is 6.61 Å². The smallest absolute Gasteiger partial charge is 0.388 e. The monoisotopic (exact) mass is 359 g/mol. The molecule has 1 N–H and O–H groups in total. The summed E-state index contributed by atoms with van der Waals surface area (Å²) >= 11 is 0. The van der Waals surface area contributed by atoms with E-state index in [1.54, 1.807) is 12.3 Å². The molecule has 4 heterocycles. The molecule has 0 aliphatic carbocycles. The van der Waals surface area contributed by atoms with E-state index in [1.165, 1.54) is 6.07 Å². The first-order valence-corrected chi connectivity index (χ1v) is 8.43. The van der Waals surface area contributed by atoms with Crippen molar-refractivity contribution in [3.05, 3.63) is 36.7 Å². The highest BCUT2D eigenvalue weighted by molar-refractivity contribution is 5.94. The lowest BCUT2D eigenvalue weighted by atomic mass is 10.1. The standard InChI is InChI=1S/C18H19F2N5O/c1-24-6-8-25(9-7-24)15-10-12(4-5-21-15)14-11-22-17-13(14)2-3-16(23-17)26-18(19)20/h2-5,10-11,18H,6-9H2,1H3,(H,22,23). The van der Waals surface area contributed by atoms with E-state index < -0.39 is 6.61 Å². The predicted molar refractivity (Wildman–Crippen MR) is 95.7 cm³/mol. The Balaban J connectivity index is 1.64. The van der Waals surface area contributed by atoms with Crippen molar-refractivity contribution in [2.24, 2.45) is 0 Å². The highest BCUT2D eigenvalue weighted by Crippen LogP contribution is 2.31. The number of hydrogen-bond acceptors (Lipinski definition) is 5. The minimum Gasteiger partial charge on any atom is -0.417 e. The zero-order chi connectivity index (χ0) is 18.1. The third-order valence-electron chi connectivity index (χ3n) is 4.61. The number of ether oxygens (including phenoxy) is 1. The van der Waals surface area contributed by atoms with Crippen molar-refractivity contribution in [1.82, 2.24) is 19.9 Å². The minimum absolute atomic E-state index is 0.103. The highest BCUT2D eigenvalue weighted by atomic mass is 19.3. The van der Waals surface area contributed by atoms with Gasteiger partial charge in [-0.25, -0.2) is 4.98 Å². The van der Waals surface area contributed by atoms with Gasteiger partial charge in [-0.05, 0) is 30.8 Å². The molecule has 0 spiro atoms. The van der Waals surface area contributed by atoms with Crippen LogP contribution in [-0.2, 0) is 0 Å². The van der Waals surface area contributed by atoms with E-state index in [9.17, 15) is 8.78 Å². The van der Waals surface area contributed by atoms with Crippen LogP contribution in [0.25, 0.3) is 22.2 Å². The first kappa shape index (κ1) is 16.7. The van der Waals surface area contributed by atoms with Crippen molar-refractivity contribution in [1.29, 1.82) is 0 Å². The van der Waals surface area contributed by atoms with E-state index in [2.05, 4.69) is 42.6 Å². The summed E-state index contributed by atoms with van der Waals surface area (Å²) in [5, 5.41) is 0.849. The molecular formula is C18H19F2N5O. The number of alkyl halides is 2.